The number of carbonyl (C=O) groups is 4. The van der Waals surface area contributed by atoms with Crippen LogP contribution in [0.15, 0.2) is 30.4 Å². The highest BCUT2D eigenvalue weighted by Crippen LogP contribution is 2.58. The second-order valence-corrected chi connectivity index (χ2v) is 21.1. The summed E-state index contributed by atoms with van der Waals surface area (Å²) in [5.41, 5.74) is -1.45. The van der Waals surface area contributed by atoms with Crippen molar-refractivity contribution >= 4 is 44.5 Å². The molecule has 1 aromatic heterocycles. The minimum absolute atomic E-state index is 0.0491. The molecule has 7 rings (SSSR count). The van der Waals surface area contributed by atoms with Crippen molar-refractivity contribution in [1.29, 1.82) is 0 Å². The molecule has 1 saturated heterocycles. The second-order valence-electron chi connectivity index (χ2n) is 18.9. The van der Waals surface area contributed by atoms with E-state index >= 15 is 4.39 Å². The molecule has 1 aromatic carbocycles. The fourth-order valence-corrected chi connectivity index (χ4v) is 10.3. The van der Waals surface area contributed by atoms with E-state index in [2.05, 4.69) is 4.72 Å². The van der Waals surface area contributed by atoms with E-state index in [9.17, 15) is 27.6 Å². The number of amides is 2. The Kier molecular flexibility index (Phi) is 11.2. The largest absolute Gasteiger partial charge is 0.497 e. The second kappa shape index (κ2) is 15.5. The van der Waals surface area contributed by atoms with Gasteiger partial charge in [0.25, 0.3) is 0 Å². The summed E-state index contributed by atoms with van der Waals surface area (Å²) in [4.78, 5) is 63.4. The van der Waals surface area contributed by atoms with E-state index in [4.69, 9.17) is 19.2 Å². The van der Waals surface area contributed by atoms with Crippen molar-refractivity contribution < 1.29 is 46.2 Å². The molecule has 2 aromatic rings. The molecule has 58 heavy (non-hydrogen) atoms. The Bertz CT molecular complexity index is 2130. The molecule has 316 valence electrons. The van der Waals surface area contributed by atoms with Gasteiger partial charge >= 0.3 is 5.97 Å². The first-order valence-electron chi connectivity index (χ1n) is 20.9. The lowest BCUT2D eigenvalue weighted by Crippen LogP contribution is -2.48. The summed E-state index contributed by atoms with van der Waals surface area (Å²) in [7, 11) is -2.46. The van der Waals surface area contributed by atoms with Gasteiger partial charge in [0.2, 0.25) is 21.8 Å². The van der Waals surface area contributed by atoms with Crippen molar-refractivity contribution in [2.45, 2.75) is 141 Å². The molecule has 12 nitrogen and oxygen atoms in total. The number of alkyl halides is 1. The molecule has 2 amide bonds. The first-order chi connectivity index (χ1) is 27.3. The van der Waals surface area contributed by atoms with Crippen molar-refractivity contribution in [2.75, 3.05) is 20.3 Å². The number of fused-ring (bicyclic) bond motifs is 5. The van der Waals surface area contributed by atoms with Gasteiger partial charge in [0.15, 0.2) is 5.78 Å². The number of aromatic nitrogens is 1. The Morgan fingerprint density at radius 1 is 1.10 bits per heavy atom. The number of nitrogens with zero attached hydrogens (tertiary/aromatic N) is 2. The Morgan fingerprint density at radius 2 is 1.86 bits per heavy atom. The van der Waals surface area contributed by atoms with Crippen molar-refractivity contribution in [2.24, 2.45) is 22.7 Å². The van der Waals surface area contributed by atoms with Crippen LogP contribution in [0, 0.1) is 22.7 Å². The average molecular weight is 824 g/mol. The van der Waals surface area contributed by atoms with Crippen LogP contribution in [-0.2, 0) is 40.4 Å². The van der Waals surface area contributed by atoms with Gasteiger partial charge in [0.1, 0.15) is 23.3 Å². The highest BCUT2D eigenvalue weighted by molar-refractivity contribution is 7.91. The van der Waals surface area contributed by atoms with Crippen LogP contribution in [0.1, 0.15) is 129 Å². The van der Waals surface area contributed by atoms with Gasteiger partial charge in [0, 0.05) is 36.1 Å². The van der Waals surface area contributed by atoms with Gasteiger partial charge in [-0.25, -0.2) is 17.8 Å². The summed E-state index contributed by atoms with van der Waals surface area (Å²) < 4.78 is 62.7. The maximum absolute atomic E-state index is 17.0. The van der Waals surface area contributed by atoms with Crippen LogP contribution >= 0.6 is 0 Å². The molecular weight excluding hydrogens is 766 g/mol. The normalized spacial score (nSPS) is 30.2. The molecule has 6 atom stereocenters. The molecular formula is C44H58FN3O9S. The predicted octanol–water partition coefficient (Wildman–Crippen LogP) is 7.02. The SMILES string of the molecule is CCc1nc2ccc(OC)cc2c2c1O[C@]1(C[C@H]2F)C[C@H]2C(=O)C[C@]3(C(=O)NS(=O)(=O)C4(C)CC4)C[C@H]3/C=C\CCCCC[C@H](CC(=O)OCC(C)(C)C)C(=O)N2C1. The lowest BCUT2D eigenvalue weighted by Gasteiger charge is -2.38. The molecule has 3 fully saturated rings. The number of allylic oxidation sites excluding steroid dienone is 2. The van der Waals surface area contributed by atoms with E-state index in [-0.39, 0.29) is 62.3 Å². The van der Waals surface area contributed by atoms with Crippen LogP contribution in [-0.4, -0.2) is 78.5 Å². The number of ether oxygens (including phenoxy) is 3. The number of methoxy groups -OCH3 is 1. The highest BCUT2D eigenvalue weighted by Gasteiger charge is 2.64. The summed E-state index contributed by atoms with van der Waals surface area (Å²) in [6.45, 7) is 9.39. The van der Waals surface area contributed by atoms with E-state index in [1.807, 2.05) is 39.8 Å². The molecule has 1 spiro atoms. The zero-order valence-electron chi connectivity index (χ0n) is 34.7. The van der Waals surface area contributed by atoms with Gasteiger partial charge in [-0.1, -0.05) is 52.7 Å². The molecule has 4 heterocycles. The van der Waals surface area contributed by atoms with Gasteiger partial charge in [0.05, 0.1) is 54.1 Å². The van der Waals surface area contributed by atoms with Crippen molar-refractivity contribution in [3.8, 4) is 11.5 Å². The third kappa shape index (κ3) is 8.23. The lowest BCUT2D eigenvalue weighted by atomic mass is 9.84. The zero-order chi connectivity index (χ0) is 41.8. The fraction of sp³-hybridized carbons (Fsp3) is 0.659. The first-order valence-corrected chi connectivity index (χ1v) is 22.4. The minimum atomic E-state index is -3.99. The number of Topliss-reactive ketones (excluding diaryl/α,β-unsaturated/α-hetero) is 1. The standard InChI is InChI=1S/C44H58FN3O9S/c1-7-32-38-37(30-20-29(55-6)15-16-33(30)46-32)31(45)22-43(57-38)23-34-35(49)24-44(40(52)47-58(53,54)42(5)17-18-42)21-28(44)14-12-10-8-9-11-13-27(39(51)48(34)25-43)19-36(50)56-26-41(2,3)4/h12,14-16,20,27-28,31,34H,7-11,13,17-19,21-26H2,1-6H3,(H,47,52)/b14-12-/t27-,28-,31-,34+,43-,44-/m1/s1. The molecule has 3 aliphatic heterocycles. The van der Waals surface area contributed by atoms with Crippen molar-refractivity contribution in [3.63, 3.8) is 0 Å². The zero-order valence-corrected chi connectivity index (χ0v) is 35.5. The Labute approximate surface area is 341 Å². The number of rotatable bonds is 8. The number of nitrogens with one attached hydrogen (secondary N) is 1. The Morgan fingerprint density at radius 3 is 2.55 bits per heavy atom. The number of esters is 1. The van der Waals surface area contributed by atoms with Crippen LogP contribution in [0.5, 0.6) is 11.5 Å². The Hall–Kier alpha value is -4.07. The number of hydrogen-bond acceptors (Lipinski definition) is 10. The number of aryl methyl sites for hydroxylation is 1. The van der Waals surface area contributed by atoms with Crippen molar-refractivity contribution in [1.82, 2.24) is 14.6 Å². The molecule has 2 saturated carbocycles. The van der Waals surface area contributed by atoms with Crippen LogP contribution in [0.3, 0.4) is 0 Å². The molecule has 1 N–H and O–H groups in total. The third-order valence-electron chi connectivity index (χ3n) is 13.0. The maximum Gasteiger partial charge on any atom is 0.306 e. The molecule has 0 radical (unpaired) electrons. The highest BCUT2D eigenvalue weighted by atomic mass is 32.2. The van der Waals surface area contributed by atoms with E-state index in [1.165, 1.54) is 12.0 Å². The number of benzene rings is 1. The van der Waals surface area contributed by atoms with E-state index < -0.39 is 67.5 Å². The number of halogens is 1. The maximum atomic E-state index is 17.0. The van der Waals surface area contributed by atoms with E-state index in [0.29, 0.717) is 66.4 Å². The fourth-order valence-electron chi connectivity index (χ4n) is 9.01. The van der Waals surface area contributed by atoms with Gasteiger partial charge in [-0.2, -0.15) is 0 Å². The number of ketones is 1. The van der Waals surface area contributed by atoms with Crippen LogP contribution in [0.2, 0.25) is 0 Å². The summed E-state index contributed by atoms with van der Waals surface area (Å²) in [5, 5.41) is 0.554. The van der Waals surface area contributed by atoms with Crippen LogP contribution in [0.25, 0.3) is 10.9 Å². The average Bonchev–Trinajstić information content (AvgIpc) is 4.06. The molecule has 5 aliphatic rings. The summed E-state index contributed by atoms with van der Waals surface area (Å²) >= 11 is 0. The van der Waals surface area contributed by atoms with E-state index in [0.717, 1.165) is 12.8 Å². The number of hydrogen-bond donors (Lipinski definition) is 1. The molecule has 2 aliphatic carbocycles. The minimum Gasteiger partial charge on any atom is -0.497 e. The first kappa shape index (κ1) is 42.1. The van der Waals surface area contributed by atoms with Gasteiger partial charge in [-0.15, -0.1) is 0 Å². The molecule has 0 unspecified atom stereocenters. The quantitative estimate of drug-likeness (QED) is 0.217. The summed E-state index contributed by atoms with van der Waals surface area (Å²) in [6, 6.07) is 4.16. The van der Waals surface area contributed by atoms with Crippen LogP contribution < -0.4 is 14.2 Å². The summed E-state index contributed by atoms with van der Waals surface area (Å²) in [5.74, 6) is -2.45. The lowest BCUT2D eigenvalue weighted by molar-refractivity contribution is -0.152. The van der Waals surface area contributed by atoms with E-state index in [1.54, 1.807) is 25.1 Å². The predicted molar refractivity (Wildman–Crippen MR) is 215 cm³/mol. The van der Waals surface area contributed by atoms with Crippen molar-refractivity contribution in [3.05, 3.63) is 41.6 Å². The number of sulfonamides is 1. The van der Waals surface area contributed by atoms with Gasteiger partial charge < -0.3 is 19.1 Å². The van der Waals surface area contributed by atoms with Crippen LogP contribution in [0.4, 0.5) is 4.39 Å². The Balaban J connectivity index is 1.26. The summed E-state index contributed by atoms with van der Waals surface area (Å²) in [6.07, 6.45) is 6.58. The topological polar surface area (TPSA) is 158 Å². The van der Waals surface area contributed by atoms with Gasteiger partial charge in [-0.05, 0) is 81.4 Å². The third-order valence-corrected chi connectivity index (χ3v) is 15.1. The number of carbonyl (C=O) groups excluding carboxylic acids is 4. The monoisotopic (exact) mass is 823 g/mol. The number of pyridine rings is 1. The van der Waals surface area contributed by atoms with Gasteiger partial charge in [-0.3, -0.25) is 23.9 Å². The smallest absolute Gasteiger partial charge is 0.306 e. The molecule has 0 bridgehead atoms. The molecule has 14 heteroatoms.